The van der Waals surface area contributed by atoms with Crippen LogP contribution in [0, 0.1) is 5.82 Å². The average Bonchev–Trinajstić information content (AvgIpc) is 2.07. The molecule has 0 atom stereocenters. The van der Waals surface area contributed by atoms with Gasteiger partial charge < -0.3 is 0 Å². The molecule has 0 fully saturated rings. The Balaban J connectivity index is 2.97. The number of hydrogen-bond acceptors (Lipinski definition) is 0. The van der Waals surface area contributed by atoms with E-state index in [2.05, 4.69) is 15.9 Å². The first-order chi connectivity index (χ1) is 5.74. The van der Waals surface area contributed by atoms with Crippen molar-refractivity contribution in [2.45, 2.75) is 0 Å². The maximum Gasteiger partial charge on any atom is 0.123 e. The number of halogens is 3. The van der Waals surface area contributed by atoms with E-state index in [1.165, 1.54) is 12.1 Å². The highest BCUT2D eigenvalue weighted by Crippen LogP contribution is 2.18. The molecule has 0 heterocycles. The van der Waals surface area contributed by atoms with Gasteiger partial charge in [-0.2, -0.15) is 0 Å². The molecule has 0 aliphatic heterocycles. The van der Waals surface area contributed by atoms with Crippen LogP contribution in [0.2, 0.25) is 0 Å². The van der Waals surface area contributed by atoms with Crippen LogP contribution in [0.5, 0.6) is 0 Å². The lowest BCUT2D eigenvalue weighted by molar-refractivity contribution is 0.627. The number of hydrogen-bond donors (Lipinski definition) is 0. The van der Waals surface area contributed by atoms with E-state index in [1.54, 1.807) is 18.2 Å². The zero-order chi connectivity index (χ0) is 8.97. The largest absolute Gasteiger partial charge is 0.207 e. The fourth-order valence-corrected chi connectivity index (χ4v) is 1.28. The Hall–Kier alpha value is -0.340. The van der Waals surface area contributed by atoms with Crippen molar-refractivity contribution in [3.05, 3.63) is 40.1 Å². The molecular formula is C9H7BrClF. The van der Waals surface area contributed by atoms with E-state index in [-0.39, 0.29) is 5.82 Å². The maximum absolute atomic E-state index is 12.7. The zero-order valence-electron chi connectivity index (χ0n) is 6.23. The zero-order valence-corrected chi connectivity index (χ0v) is 8.57. The Labute approximate surface area is 84.2 Å². The van der Waals surface area contributed by atoms with Gasteiger partial charge in [0.05, 0.1) is 0 Å². The van der Waals surface area contributed by atoms with E-state index in [9.17, 15) is 4.39 Å². The predicted octanol–water partition coefficient (Wildman–Crippen LogP) is 3.84. The molecule has 0 saturated heterocycles. The molecule has 0 radical (unpaired) electrons. The lowest BCUT2D eigenvalue weighted by Gasteiger charge is -1.97. The van der Waals surface area contributed by atoms with Crippen molar-refractivity contribution in [2.24, 2.45) is 0 Å². The molecule has 1 rings (SSSR count). The number of rotatable bonds is 2. The third kappa shape index (κ3) is 2.61. The van der Waals surface area contributed by atoms with Crippen molar-refractivity contribution < 1.29 is 4.39 Å². The molecule has 0 saturated carbocycles. The van der Waals surface area contributed by atoms with Crippen molar-refractivity contribution in [1.29, 1.82) is 0 Å². The number of alkyl halides is 1. The Morgan fingerprint density at radius 1 is 1.50 bits per heavy atom. The van der Waals surface area contributed by atoms with E-state index >= 15 is 0 Å². The first-order valence-electron chi connectivity index (χ1n) is 3.41. The van der Waals surface area contributed by atoms with Crippen LogP contribution in [0.1, 0.15) is 5.56 Å². The van der Waals surface area contributed by atoms with E-state index in [4.69, 9.17) is 11.6 Å². The van der Waals surface area contributed by atoms with Crippen LogP contribution in [0.3, 0.4) is 0 Å². The number of benzene rings is 1. The maximum atomic E-state index is 12.7. The highest BCUT2D eigenvalue weighted by molar-refractivity contribution is 9.10. The summed E-state index contributed by atoms with van der Waals surface area (Å²) in [6.07, 6.45) is 3.54. The Bertz CT molecular complexity index is 297. The minimum Gasteiger partial charge on any atom is -0.207 e. The van der Waals surface area contributed by atoms with Crippen LogP contribution >= 0.6 is 27.5 Å². The lowest BCUT2D eigenvalue weighted by atomic mass is 10.2. The second-order valence-electron chi connectivity index (χ2n) is 2.22. The molecule has 64 valence electrons. The quantitative estimate of drug-likeness (QED) is 0.699. The van der Waals surface area contributed by atoms with Gasteiger partial charge in [0.2, 0.25) is 0 Å². The van der Waals surface area contributed by atoms with Gasteiger partial charge in [-0.1, -0.05) is 28.1 Å². The van der Waals surface area contributed by atoms with Gasteiger partial charge in [0, 0.05) is 10.4 Å². The van der Waals surface area contributed by atoms with Crippen LogP contribution in [0.25, 0.3) is 6.08 Å². The van der Waals surface area contributed by atoms with Crippen LogP contribution < -0.4 is 0 Å². The molecule has 1 aromatic carbocycles. The molecule has 0 aliphatic carbocycles. The van der Waals surface area contributed by atoms with Crippen molar-refractivity contribution in [3.8, 4) is 0 Å². The minimum absolute atomic E-state index is 0.243. The van der Waals surface area contributed by atoms with Crippen molar-refractivity contribution in [1.82, 2.24) is 0 Å². The van der Waals surface area contributed by atoms with Crippen LogP contribution in [-0.2, 0) is 0 Å². The van der Waals surface area contributed by atoms with Crippen LogP contribution in [0.4, 0.5) is 4.39 Å². The first kappa shape index (κ1) is 9.75. The van der Waals surface area contributed by atoms with Crippen molar-refractivity contribution in [2.75, 3.05) is 5.88 Å². The Morgan fingerprint density at radius 2 is 2.25 bits per heavy atom. The molecule has 0 aromatic heterocycles. The number of allylic oxidation sites excluding steroid dienone is 1. The summed E-state index contributed by atoms with van der Waals surface area (Å²) in [5.74, 6) is 0.190. The molecule has 3 heteroatoms. The SMILES string of the molecule is Fc1ccc(Br)c(C=CCCl)c1. The summed E-state index contributed by atoms with van der Waals surface area (Å²) >= 11 is 8.75. The molecule has 12 heavy (non-hydrogen) atoms. The van der Waals surface area contributed by atoms with E-state index < -0.39 is 0 Å². The highest BCUT2D eigenvalue weighted by atomic mass is 79.9. The molecule has 0 nitrogen and oxygen atoms in total. The van der Waals surface area contributed by atoms with E-state index in [0.717, 1.165) is 10.0 Å². The smallest absolute Gasteiger partial charge is 0.123 e. The van der Waals surface area contributed by atoms with Gasteiger partial charge in [-0.3, -0.25) is 0 Å². The fourth-order valence-electron chi connectivity index (χ4n) is 0.814. The fraction of sp³-hybridized carbons (Fsp3) is 0.111. The molecule has 0 bridgehead atoms. The third-order valence-electron chi connectivity index (χ3n) is 1.34. The standard InChI is InChI=1S/C9H7BrClF/c10-9-4-3-8(12)6-7(9)2-1-5-11/h1-4,6H,5H2. The molecule has 0 unspecified atom stereocenters. The van der Waals surface area contributed by atoms with Gasteiger partial charge in [-0.25, -0.2) is 4.39 Å². The Morgan fingerprint density at radius 3 is 2.92 bits per heavy atom. The molecule has 0 amide bonds. The van der Waals surface area contributed by atoms with Crippen molar-refractivity contribution in [3.63, 3.8) is 0 Å². The summed E-state index contributed by atoms with van der Waals surface area (Å²) in [4.78, 5) is 0. The van der Waals surface area contributed by atoms with Crippen LogP contribution in [-0.4, -0.2) is 5.88 Å². The van der Waals surface area contributed by atoms with Gasteiger partial charge in [0.1, 0.15) is 5.82 Å². The normalized spacial score (nSPS) is 10.9. The second kappa shape index (κ2) is 4.63. The predicted molar refractivity (Wildman–Crippen MR) is 53.9 cm³/mol. The average molecular weight is 250 g/mol. The van der Waals surface area contributed by atoms with Gasteiger partial charge in [0.25, 0.3) is 0 Å². The van der Waals surface area contributed by atoms with Gasteiger partial charge >= 0.3 is 0 Å². The third-order valence-corrected chi connectivity index (χ3v) is 2.24. The van der Waals surface area contributed by atoms with Gasteiger partial charge in [-0.05, 0) is 23.8 Å². The van der Waals surface area contributed by atoms with Crippen LogP contribution in [0.15, 0.2) is 28.7 Å². The topological polar surface area (TPSA) is 0 Å². The van der Waals surface area contributed by atoms with Crippen molar-refractivity contribution >= 4 is 33.6 Å². The highest BCUT2D eigenvalue weighted by Gasteiger charge is 1.96. The summed E-state index contributed by atoms with van der Waals surface area (Å²) in [7, 11) is 0. The lowest BCUT2D eigenvalue weighted by Crippen LogP contribution is -1.79. The molecule has 0 aliphatic rings. The molecule has 0 N–H and O–H groups in total. The summed E-state index contributed by atoms with van der Waals surface area (Å²) in [6.45, 7) is 0. The minimum atomic E-state index is -0.243. The summed E-state index contributed by atoms with van der Waals surface area (Å²) in [5, 5.41) is 0. The monoisotopic (exact) mass is 248 g/mol. The second-order valence-corrected chi connectivity index (χ2v) is 3.39. The Kier molecular flexibility index (Phi) is 3.76. The molecular weight excluding hydrogens is 242 g/mol. The summed E-state index contributed by atoms with van der Waals surface area (Å²) < 4.78 is 13.6. The molecule has 0 spiro atoms. The first-order valence-corrected chi connectivity index (χ1v) is 4.74. The summed E-state index contributed by atoms with van der Waals surface area (Å²) in [6, 6.07) is 4.53. The van der Waals surface area contributed by atoms with Gasteiger partial charge in [0.15, 0.2) is 0 Å². The summed E-state index contributed by atoms with van der Waals surface area (Å²) in [5.41, 5.74) is 0.802. The van der Waals surface area contributed by atoms with E-state index in [1.807, 2.05) is 0 Å². The molecule has 1 aromatic rings. The van der Waals surface area contributed by atoms with E-state index in [0.29, 0.717) is 5.88 Å². The van der Waals surface area contributed by atoms with Gasteiger partial charge in [-0.15, -0.1) is 11.6 Å².